The van der Waals surface area contributed by atoms with E-state index in [1.54, 1.807) is 16.7 Å². The van der Waals surface area contributed by atoms with Gasteiger partial charge in [-0.2, -0.15) is 0 Å². The second-order valence-electron chi connectivity index (χ2n) is 5.61. The Morgan fingerprint density at radius 3 is 3.27 bits per heavy atom. The van der Waals surface area contributed by atoms with Gasteiger partial charge in [-0.1, -0.05) is 0 Å². The lowest BCUT2D eigenvalue weighted by molar-refractivity contribution is -0.921. The molecule has 1 aliphatic heterocycles. The molecule has 2 aromatic heterocycles. The van der Waals surface area contributed by atoms with Crippen LogP contribution in [0.5, 0.6) is 0 Å². The minimum atomic E-state index is -0.0959. The molecule has 0 aliphatic carbocycles. The van der Waals surface area contributed by atoms with Crippen LogP contribution in [-0.2, 0) is 16.1 Å². The number of thiazole rings is 1. The fraction of sp³-hybridized carbons (Fsp3) is 0.533. The average Bonchev–Trinajstić information content (AvgIpc) is 2.97. The molecule has 1 aliphatic rings. The number of fused-ring (bicyclic) bond motifs is 1. The topological polar surface area (TPSA) is 65.1 Å². The zero-order valence-corrected chi connectivity index (χ0v) is 13.4. The highest BCUT2D eigenvalue weighted by molar-refractivity contribution is 7.15. The lowest BCUT2D eigenvalue weighted by Gasteiger charge is -2.28. The number of ether oxygens (including phenoxy) is 1. The molecule has 0 aromatic carbocycles. The molecule has 1 saturated heterocycles. The first-order valence-electron chi connectivity index (χ1n) is 7.63. The van der Waals surface area contributed by atoms with Gasteiger partial charge in [0, 0.05) is 17.6 Å². The molecule has 6 nitrogen and oxygen atoms in total. The predicted octanol–water partition coefficient (Wildman–Crippen LogP) is 0.114. The summed E-state index contributed by atoms with van der Waals surface area (Å²) in [5.74, 6) is -0.128. The molecular formula is C15H20N3O3S+. The zero-order valence-electron chi connectivity index (χ0n) is 12.6. The quantitative estimate of drug-likeness (QED) is 0.812. The normalized spacial score (nSPS) is 21.9. The summed E-state index contributed by atoms with van der Waals surface area (Å²) >= 11 is 1.46. The highest BCUT2D eigenvalue weighted by Gasteiger charge is 2.30. The van der Waals surface area contributed by atoms with Crippen molar-refractivity contribution in [3.05, 3.63) is 33.7 Å². The number of hydrogen-bond donors (Lipinski definition) is 1. The first-order chi connectivity index (χ1) is 10.7. The van der Waals surface area contributed by atoms with E-state index in [2.05, 4.69) is 4.98 Å². The summed E-state index contributed by atoms with van der Waals surface area (Å²) < 4.78 is 6.68. The van der Waals surface area contributed by atoms with Crippen molar-refractivity contribution >= 4 is 22.3 Å². The van der Waals surface area contributed by atoms with Crippen LogP contribution in [0.25, 0.3) is 4.96 Å². The van der Waals surface area contributed by atoms with Crippen molar-refractivity contribution < 1.29 is 14.4 Å². The molecule has 7 heteroatoms. The van der Waals surface area contributed by atoms with E-state index in [0.717, 1.165) is 36.6 Å². The van der Waals surface area contributed by atoms with Gasteiger partial charge in [-0.25, -0.2) is 4.98 Å². The minimum Gasteiger partial charge on any atom is -0.466 e. The van der Waals surface area contributed by atoms with Crippen molar-refractivity contribution in [2.45, 2.75) is 26.3 Å². The molecule has 118 valence electrons. The lowest BCUT2D eigenvalue weighted by Crippen LogP contribution is -3.12. The molecular weight excluding hydrogens is 302 g/mol. The monoisotopic (exact) mass is 322 g/mol. The Hall–Kier alpha value is -1.73. The van der Waals surface area contributed by atoms with Crippen LogP contribution in [0.2, 0.25) is 0 Å². The summed E-state index contributed by atoms with van der Waals surface area (Å²) in [6, 6.07) is 1.60. The van der Waals surface area contributed by atoms with Crippen molar-refractivity contribution in [3.8, 4) is 0 Å². The van der Waals surface area contributed by atoms with E-state index in [0.29, 0.717) is 13.2 Å². The van der Waals surface area contributed by atoms with Crippen molar-refractivity contribution in [3.63, 3.8) is 0 Å². The van der Waals surface area contributed by atoms with Gasteiger partial charge in [0.2, 0.25) is 0 Å². The molecule has 0 saturated carbocycles. The first kappa shape index (κ1) is 15.2. The number of esters is 1. The molecule has 2 aromatic rings. The second-order valence-corrected chi connectivity index (χ2v) is 6.49. The summed E-state index contributed by atoms with van der Waals surface area (Å²) in [7, 11) is 0. The number of piperidine rings is 1. The van der Waals surface area contributed by atoms with Gasteiger partial charge in [0.15, 0.2) is 4.96 Å². The fourth-order valence-electron chi connectivity index (χ4n) is 3.01. The van der Waals surface area contributed by atoms with Gasteiger partial charge < -0.3 is 9.64 Å². The number of quaternary nitrogens is 1. The Morgan fingerprint density at radius 2 is 2.45 bits per heavy atom. The first-order valence-corrected chi connectivity index (χ1v) is 8.51. The van der Waals surface area contributed by atoms with E-state index in [-0.39, 0.29) is 17.4 Å². The molecule has 1 unspecified atom stereocenters. The van der Waals surface area contributed by atoms with Gasteiger partial charge in [-0.15, -0.1) is 11.3 Å². The largest absolute Gasteiger partial charge is 0.466 e. The summed E-state index contributed by atoms with van der Waals surface area (Å²) in [4.78, 5) is 30.4. The molecule has 3 rings (SSSR count). The lowest BCUT2D eigenvalue weighted by atomic mass is 9.98. The number of aromatic nitrogens is 2. The molecule has 0 amide bonds. The number of hydrogen-bond acceptors (Lipinski definition) is 5. The van der Waals surface area contributed by atoms with E-state index < -0.39 is 0 Å². The van der Waals surface area contributed by atoms with Crippen LogP contribution >= 0.6 is 11.3 Å². The molecule has 1 fully saturated rings. The highest BCUT2D eigenvalue weighted by atomic mass is 32.1. The number of carbonyl (C=O) groups excluding carboxylic acids is 1. The summed E-state index contributed by atoms with van der Waals surface area (Å²) in [6.45, 7) is 4.70. The Balaban J connectivity index is 1.71. The van der Waals surface area contributed by atoms with Crippen LogP contribution in [-0.4, -0.2) is 35.1 Å². The summed E-state index contributed by atoms with van der Waals surface area (Å²) in [5.41, 5.74) is 0.756. The van der Waals surface area contributed by atoms with Crippen LogP contribution < -0.4 is 10.5 Å². The van der Waals surface area contributed by atoms with Crippen molar-refractivity contribution in [2.75, 3.05) is 19.7 Å². The van der Waals surface area contributed by atoms with Crippen LogP contribution in [0, 0.1) is 5.92 Å². The molecule has 1 N–H and O–H groups in total. The van der Waals surface area contributed by atoms with E-state index >= 15 is 0 Å². The predicted molar refractivity (Wildman–Crippen MR) is 83.1 cm³/mol. The van der Waals surface area contributed by atoms with Gasteiger partial charge in [0.25, 0.3) is 5.56 Å². The third-order valence-corrected chi connectivity index (χ3v) is 4.78. The molecule has 22 heavy (non-hydrogen) atoms. The Bertz CT molecular complexity index is 724. The Morgan fingerprint density at radius 1 is 1.59 bits per heavy atom. The second kappa shape index (κ2) is 6.58. The maximum atomic E-state index is 12.0. The highest BCUT2D eigenvalue weighted by Crippen LogP contribution is 2.10. The van der Waals surface area contributed by atoms with Crippen LogP contribution in [0.15, 0.2) is 22.4 Å². The third kappa shape index (κ3) is 3.20. The fourth-order valence-corrected chi connectivity index (χ4v) is 3.75. The summed E-state index contributed by atoms with van der Waals surface area (Å²) in [5, 5.41) is 1.86. The van der Waals surface area contributed by atoms with Crippen LogP contribution in [0.1, 0.15) is 25.5 Å². The van der Waals surface area contributed by atoms with E-state index in [1.165, 1.54) is 16.2 Å². The average molecular weight is 322 g/mol. The molecule has 3 heterocycles. The van der Waals surface area contributed by atoms with Crippen molar-refractivity contribution in [2.24, 2.45) is 5.92 Å². The smallest absolute Gasteiger partial charge is 0.314 e. The molecule has 2 atom stereocenters. The number of carbonyl (C=O) groups is 1. The molecule has 0 spiro atoms. The van der Waals surface area contributed by atoms with Gasteiger partial charge >= 0.3 is 5.97 Å². The van der Waals surface area contributed by atoms with Gasteiger partial charge in [0.05, 0.1) is 19.7 Å². The zero-order chi connectivity index (χ0) is 15.5. The maximum Gasteiger partial charge on any atom is 0.314 e. The maximum absolute atomic E-state index is 12.0. The Labute approximate surface area is 132 Å². The van der Waals surface area contributed by atoms with Crippen LogP contribution in [0.3, 0.4) is 0 Å². The van der Waals surface area contributed by atoms with Crippen molar-refractivity contribution in [1.82, 2.24) is 9.38 Å². The SMILES string of the molecule is CCOC(=O)[C@@H]1CCC[NH+](Cc2cc(=O)n3ccsc3n2)C1. The molecule has 0 radical (unpaired) electrons. The third-order valence-electron chi connectivity index (χ3n) is 4.03. The number of likely N-dealkylation sites (tertiary alicyclic amines) is 1. The van der Waals surface area contributed by atoms with Gasteiger partial charge in [-0.3, -0.25) is 14.0 Å². The number of rotatable bonds is 4. The Kier molecular flexibility index (Phi) is 4.54. The van der Waals surface area contributed by atoms with Gasteiger partial charge in [0.1, 0.15) is 18.2 Å². The van der Waals surface area contributed by atoms with Crippen LogP contribution in [0.4, 0.5) is 0 Å². The molecule has 0 bridgehead atoms. The standard InChI is InChI=1S/C15H19N3O3S/c1-2-21-14(20)11-4-3-5-17(9-11)10-12-8-13(19)18-6-7-22-15(18)16-12/h6-8,11H,2-5,9-10H2,1H3/p+1/t11-/m1/s1. The van der Waals surface area contributed by atoms with E-state index in [9.17, 15) is 9.59 Å². The number of nitrogens with one attached hydrogen (secondary N) is 1. The van der Waals surface area contributed by atoms with Gasteiger partial charge in [-0.05, 0) is 19.8 Å². The van der Waals surface area contributed by atoms with E-state index in [4.69, 9.17) is 4.74 Å². The van der Waals surface area contributed by atoms with E-state index in [1.807, 2.05) is 12.3 Å². The number of nitrogens with zero attached hydrogens (tertiary/aromatic N) is 2. The minimum absolute atomic E-state index is 0.0322. The summed E-state index contributed by atoms with van der Waals surface area (Å²) in [6.07, 6.45) is 3.63. The van der Waals surface area contributed by atoms with Crippen molar-refractivity contribution in [1.29, 1.82) is 0 Å².